The number of imidazole rings is 1. The molecule has 17 heavy (non-hydrogen) atoms. The average molecular weight is 233 g/mol. The van der Waals surface area contributed by atoms with E-state index in [4.69, 9.17) is 4.74 Å². The molecule has 2 aromatic heterocycles. The van der Waals surface area contributed by atoms with Crippen LogP contribution in [0.4, 0.5) is 0 Å². The van der Waals surface area contributed by atoms with Crippen molar-refractivity contribution in [3.8, 4) is 0 Å². The fourth-order valence-corrected chi connectivity index (χ4v) is 2.45. The van der Waals surface area contributed by atoms with Gasteiger partial charge in [0.1, 0.15) is 11.3 Å². The Kier molecular flexibility index (Phi) is 2.29. The highest BCUT2D eigenvalue weighted by atomic mass is 16.5. The van der Waals surface area contributed by atoms with Crippen LogP contribution in [0.25, 0.3) is 5.52 Å². The SMILES string of the molecule is Cc1cn2c(C3COC(C)C3)ncc2c(=O)[nH]1. The van der Waals surface area contributed by atoms with Crippen molar-refractivity contribution in [1.29, 1.82) is 0 Å². The third-order valence-electron chi connectivity index (χ3n) is 3.26. The van der Waals surface area contributed by atoms with Crippen LogP contribution in [0.1, 0.15) is 30.8 Å². The maximum absolute atomic E-state index is 11.7. The van der Waals surface area contributed by atoms with Crippen molar-refractivity contribution >= 4 is 5.52 Å². The maximum Gasteiger partial charge on any atom is 0.274 e. The van der Waals surface area contributed by atoms with E-state index < -0.39 is 0 Å². The Morgan fingerprint density at radius 2 is 2.41 bits per heavy atom. The van der Waals surface area contributed by atoms with E-state index in [-0.39, 0.29) is 17.6 Å². The van der Waals surface area contributed by atoms with Gasteiger partial charge in [0.2, 0.25) is 0 Å². The third kappa shape index (κ3) is 1.67. The highest BCUT2D eigenvalue weighted by Gasteiger charge is 2.27. The van der Waals surface area contributed by atoms with Crippen LogP contribution in [0.3, 0.4) is 0 Å². The summed E-state index contributed by atoms with van der Waals surface area (Å²) in [6.07, 6.45) is 4.79. The van der Waals surface area contributed by atoms with E-state index in [0.717, 1.165) is 17.9 Å². The van der Waals surface area contributed by atoms with E-state index in [1.807, 2.05) is 17.5 Å². The summed E-state index contributed by atoms with van der Waals surface area (Å²) in [5.74, 6) is 1.22. The number of nitrogens with zero attached hydrogens (tertiary/aromatic N) is 2. The maximum atomic E-state index is 11.7. The first-order valence-corrected chi connectivity index (χ1v) is 5.83. The van der Waals surface area contributed by atoms with Crippen LogP contribution in [0.15, 0.2) is 17.2 Å². The zero-order valence-electron chi connectivity index (χ0n) is 9.93. The Labute approximate surface area is 98.4 Å². The number of nitrogens with one attached hydrogen (secondary N) is 1. The van der Waals surface area contributed by atoms with Crippen LogP contribution in [-0.4, -0.2) is 27.1 Å². The van der Waals surface area contributed by atoms with Crippen LogP contribution >= 0.6 is 0 Å². The molecule has 2 atom stereocenters. The summed E-state index contributed by atoms with van der Waals surface area (Å²) in [6, 6.07) is 0. The number of rotatable bonds is 1. The molecule has 3 heterocycles. The smallest absolute Gasteiger partial charge is 0.274 e. The van der Waals surface area contributed by atoms with E-state index in [0.29, 0.717) is 12.1 Å². The van der Waals surface area contributed by atoms with Crippen molar-refractivity contribution < 1.29 is 4.74 Å². The molecule has 0 amide bonds. The molecule has 1 fully saturated rings. The monoisotopic (exact) mass is 233 g/mol. The van der Waals surface area contributed by atoms with Gasteiger partial charge < -0.3 is 9.72 Å². The van der Waals surface area contributed by atoms with Crippen molar-refractivity contribution in [2.24, 2.45) is 0 Å². The standard InChI is InChI=1S/C12H15N3O2/c1-7-5-15-10(12(16)14-7)4-13-11(15)9-3-8(2)17-6-9/h4-5,8-9H,3,6H2,1-2H3,(H,14,16). The van der Waals surface area contributed by atoms with Crippen molar-refractivity contribution in [1.82, 2.24) is 14.4 Å². The van der Waals surface area contributed by atoms with Crippen molar-refractivity contribution in [3.05, 3.63) is 34.3 Å². The lowest BCUT2D eigenvalue weighted by atomic mass is 10.1. The zero-order valence-corrected chi connectivity index (χ0v) is 9.93. The molecule has 1 aliphatic rings. The summed E-state index contributed by atoms with van der Waals surface area (Å²) in [6.45, 7) is 4.62. The van der Waals surface area contributed by atoms with E-state index in [9.17, 15) is 4.79 Å². The minimum Gasteiger partial charge on any atom is -0.378 e. The van der Waals surface area contributed by atoms with Gasteiger partial charge in [-0.3, -0.25) is 9.20 Å². The summed E-state index contributed by atoms with van der Waals surface area (Å²) in [4.78, 5) is 18.9. The summed E-state index contributed by atoms with van der Waals surface area (Å²) < 4.78 is 7.45. The van der Waals surface area contributed by atoms with Gasteiger partial charge in [-0.05, 0) is 20.3 Å². The number of hydrogen-bond acceptors (Lipinski definition) is 3. The largest absolute Gasteiger partial charge is 0.378 e. The van der Waals surface area contributed by atoms with Crippen LogP contribution in [0.2, 0.25) is 0 Å². The minimum atomic E-state index is -0.0873. The molecular formula is C12H15N3O2. The quantitative estimate of drug-likeness (QED) is 0.805. The topological polar surface area (TPSA) is 59.4 Å². The first kappa shape index (κ1) is 10.5. The molecule has 0 bridgehead atoms. The van der Waals surface area contributed by atoms with Gasteiger partial charge >= 0.3 is 0 Å². The van der Waals surface area contributed by atoms with E-state index >= 15 is 0 Å². The molecule has 2 unspecified atom stereocenters. The Bertz CT molecular complexity index is 614. The van der Waals surface area contributed by atoms with Gasteiger partial charge in [-0.25, -0.2) is 4.98 Å². The van der Waals surface area contributed by atoms with E-state index in [2.05, 4.69) is 16.9 Å². The molecule has 5 heteroatoms. The second-order valence-corrected chi connectivity index (χ2v) is 4.71. The first-order valence-electron chi connectivity index (χ1n) is 5.83. The van der Waals surface area contributed by atoms with Crippen molar-refractivity contribution in [3.63, 3.8) is 0 Å². The van der Waals surface area contributed by atoms with Crippen LogP contribution in [0.5, 0.6) is 0 Å². The van der Waals surface area contributed by atoms with E-state index in [1.165, 1.54) is 0 Å². The fraction of sp³-hybridized carbons (Fsp3) is 0.500. The minimum absolute atomic E-state index is 0.0873. The molecule has 5 nitrogen and oxygen atoms in total. The fourth-order valence-electron chi connectivity index (χ4n) is 2.45. The highest BCUT2D eigenvalue weighted by molar-refractivity contribution is 5.44. The van der Waals surface area contributed by atoms with Gasteiger partial charge in [0, 0.05) is 17.8 Å². The molecule has 0 spiro atoms. The molecule has 0 aromatic carbocycles. The Morgan fingerprint density at radius 3 is 3.12 bits per heavy atom. The van der Waals surface area contributed by atoms with Gasteiger partial charge in [0.25, 0.3) is 5.56 Å². The lowest BCUT2D eigenvalue weighted by Crippen LogP contribution is -2.13. The van der Waals surface area contributed by atoms with Crippen LogP contribution < -0.4 is 5.56 Å². The Balaban J connectivity index is 2.15. The summed E-state index contributed by atoms with van der Waals surface area (Å²) >= 11 is 0. The molecule has 1 saturated heterocycles. The average Bonchev–Trinajstić information content (AvgIpc) is 2.83. The predicted octanol–water partition coefficient (Wildman–Crippen LogP) is 1.22. The van der Waals surface area contributed by atoms with Gasteiger partial charge in [-0.15, -0.1) is 0 Å². The van der Waals surface area contributed by atoms with Gasteiger partial charge in [0.05, 0.1) is 18.9 Å². The molecular weight excluding hydrogens is 218 g/mol. The van der Waals surface area contributed by atoms with Gasteiger partial charge in [-0.1, -0.05) is 0 Å². The number of aromatic amines is 1. The van der Waals surface area contributed by atoms with Gasteiger partial charge in [0.15, 0.2) is 0 Å². The van der Waals surface area contributed by atoms with Crippen LogP contribution in [0, 0.1) is 6.92 Å². The second kappa shape index (κ2) is 3.70. The Hall–Kier alpha value is -1.62. The van der Waals surface area contributed by atoms with E-state index in [1.54, 1.807) is 6.20 Å². The summed E-state index contributed by atoms with van der Waals surface area (Å²) in [7, 11) is 0. The van der Waals surface area contributed by atoms with Crippen LogP contribution in [-0.2, 0) is 4.74 Å². The zero-order chi connectivity index (χ0) is 12.0. The Morgan fingerprint density at radius 1 is 1.59 bits per heavy atom. The molecule has 2 aromatic rings. The summed E-state index contributed by atoms with van der Waals surface area (Å²) in [5, 5.41) is 0. The number of ether oxygens (including phenoxy) is 1. The molecule has 0 aliphatic carbocycles. The van der Waals surface area contributed by atoms with Crippen molar-refractivity contribution in [2.45, 2.75) is 32.3 Å². The number of aromatic nitrogens is 3. The molecule has 3 rings (SSSR count). The first-order chi connectivity index (χ1) is 8.15. The third-order valence-corrected chi connectivity index (χ3v) is 3.26. The molecule has 1 aliphatic heterocycles. The van der Waals surface area contributed by atoms with Crippen molar-refractivity contribution in [2.75, 3.05) is 6.61 Å². The normalized spacial score (nSPS) is 24.6. The molecule has 0 saturated carbocycles. The highest BCUT2D eigenvalue weighted by Crippen LogP contribution is 2.28. The number of aryl methyl sites for hydroxylation is 1. The lowest BCUT2D eigenvalue weighted by molar-refractivity contribution is 0.123. The predicted molar refractivity (Wildman–Crippen MR) is 63.3 cm³/mol. The molecule has 0 radical (unpaired) electrons. The lowest BCUT2D eigenvalue weighted by Gasteiger charge is -2.07. The molecule has 90 valence electrons. The summed E-state index contributed by atoms with van der Waals surface area (Å²) in [5.41, 5.74) is 1.36. The molecule has 1 N–H and O–H groups in total. The number of hydrogen-bond donors (Lipinski definition) is 1. The second-order valence-electron chi connectivity index (χ2n) is 4.71. The number of fused-ring (bicyclic) bond motifs is 1. The van der Waals surface area contributed by atoms with Gasteiger partial charge in [-0.2, -0.15) is 0 Å². The number of H-pyrrole nitrogens is 1.